The van der Waals surface area contributed by atoms with Crippen LogP contribution in [0.3, 0.4) is 0 Å². The van der Waals surface area contributed by atoms with Crippen LogP contribution in [0, 0.1) is 13.8 Å². The zero-order valence-corrected chi connectivity index (χ0v) is 19.8. The van der Waals surface area contributed by atoms with Gasteiger partial charge in [0.05, 0.1) is 23.3 Å². The molecule has 9 heteroatoms. The summed E-state index contributed by atoms with van der Waals surface area (Å²) >= 11 is 0. The van der Waals surface area contributed by atoms with Crippen molar-refractivity contribution < 1.29 is 13.2 Å². The van der Waals surface area contributed by atoms with E-state index in [1.807, 2.05) is 31.2 Å². The summed E-state index contributed by atoms with van der Waals surface area (Å²) in [5.74, 6) is 0.377. The Kier molecular flexibility index (Phi) is 6.38. The summed E-state index contributed by atoms with van der Waals surface area (Å²) in [5.41, 5.74) is 3.24. The molecular formula is C25H24N4O4S. The number of nitrogens with one attached hydrogen (secondary N) is 2. The molecule has 0 saturated heterocycles. The van der Waals surface area contributed by atoms with Crippen LogP contribution in [0.5, 0.6) is 5.75 Å². The molecule has 34 heavy (non-hydrogen) atoms. The first kappa shape index (κ1) is 23.1. The highest BCUT2D eigenvalue weighted by atomic mass is 32.2. The number of aromatic nitrogens is 2. The molecule has 0 fully saturated rings. The van der Waals surface area contributed by atoms with Gasteiger partial charge in [0.15, 0.2) is 0 Å². The predicted octanol–water partition coefficient (Wildman–Crippen LogP) is 4.34. The number of anilines is 1. The minimum absolute atomic E-state index is 0.0205. The largest absolute Gasteiger partial charge is 0.494 e. The molecule has 0 atom stereocenters. The number of rotatable bonds is 7. The number of sulfonamides is 1. The molecular weight excluding hydrogens is 452 g/mol. The second-order valence-electron chi connectivity index (χ2n) is 7.69. The number of H-pyrrole nitrogens is 1. The second kappa shape index (κ2) is 9.40. The number of para-hydroxylation sites is 1. The Bertz CT molecular complexity index is 1500. The summed E-state index contributed by atoms with van der Waals surface area (Å²) in [4.78, 5) is 17.4. The van der Waals surface area contributed by atoms with E-state index in [0.717, 1.165) is 5.56 Å². The Labute approximate surface area is 197 Å². The van der Waals surface area contributed by atoms with Gasteiger partial charge in [-0.05, 0) is 56.3 Å². The summed E-state index contributed by atoms with van der Waals surface area (Å²) in [6.45, 7) is 3.75. The van der Waals surface area contributed by atoms with E-state index < -0.39 is 10.0 Å². The zero-order valence-electron chi connectivity index (χ0n) is 18.9. The van der Waals surface area contributed by atoms with Crippen molar-refractivity contribution in [3.63, 3.8) is 0 Å². The van der Waals surface area contributed by atoms with Crippen LogP contribution in [0.4, 0.5) is 11.4 Å². The second-order valence-corrected chi connectivity index (χ2v) is 9.37. The molecule has 0 bridgehead atoms. The van der Waals surface area contributed by atoms with E-state index in [2.05, 4.69) is 14.8 Å². The van der Waals surface area contributed by atoms with E-state index in [9.17, 15) is 13.2 Å². The van der Waals surface area contributed by atoms with Crippen molar-refractivity contribution in [2.24, 2.45) is 4.99 Å². The molecule has 8 nitrogen and oxygen atoms in total. The fourth-order valence-electron chi connectivity index (χ4n) is 3.38. The van der Waals surface area contributed by atoms with Gasteiger partial charge in [-0.3, -0.25) is 19.6 Å². The first-order valence-electron chi connectivity index (χ1n) is 10.5. The van der Waals surface area contributed by atoms with Crippen molar-refractivity contribution in [1.82, 2.24) is 9.78 Å². The lowest BCUT2D eigenvalue weighted by Gasteiger charge is -2.10. The Hall–Kier alpha value is -4.11. The van der Waals surface area contributed by atoms with Gasteiger partial charge in [0.1, 0.15) is 11.4 Å². The summed E-state index contributed by atoms with van der Waals surface area (Å²) in [7, 11) is -2.38. The van der Waals surface area contributed by atoms with Gasteiger partial charge in [-0.1, -0.05) is 35.9 Å². The lowest BCUT2D eigenvalue weighted by atomic mass is 10.2. The number of nitrogens with zero attached hydrogens (tertiary/aromatic N) is 2. The van der Waals surface area contributed by atoms with Gasteiger partial charge in [0, 0.05) is 17.6 Å². The van der Waals surface area contributed by atoms with Crippen molar-refractivity contribution in [2.75, 3.05) is 11.8 Å². The lowest BCUT2D eigenvalue weighted by molar-refractivity contribution is 0.416. The third-order valence-corrected chi connectivity index (χ3v) is 6.61. The molecule has 0 spiro atoms. The van der Waals surface area contributed by atoms with Gasteiger partial charge < -0.3 is 4.74 Å². The summed E-state index contributed by atoms with van der Waals surface area (Å²) in [6.07, 6.45) is 1.41. The average molecular weight is 477 g/mol. The fraction of sp³-hybridized carbons (Fsp3) is 0.120. The maximum absolute atomic E-state index is 13.0. The summed E-state index contributed by atoms with van der Waals surface area (Å²) in [5, 5.41) is 3.05. The van der Waals surface area contributed by atoms with E-state index in [1.165, 1.54) is 36.2 Å². The third kappa shape index (κ3) is 4.79. The van der Waals surface area contributed by atoms with Gasteiger partial charge in [-0.25, -0.2) is 13.1 Å². The molecule has 2 N–H and O–H groups in total. The summed E-state index contributed by atoms with van der Waals surface area (Å²) < 4.78 is 35.0. The molecule has 174 valence electrons. The first-order valence-corrected chi connectivity index (χ1v) is 12.0. The Morgan fingerprint density at radius 2 is 1.71 bits per heavy atom. The molecule has 0 aliphatic carbocycles. The average Bonchev–Trinajstić information content (AvgIpc) is 3.11. The Morgan fingerprint density at radius 1 is 1.00 bits per heavy atom. The van der Waals surface area contributed by atoms with E-state index in [1.54, 1.807) is 37.3 Å². The van der Waals surface area contributed by atoms with Crippen molar-refractivity contribution in [2.45, 2.75) is 18.7 Å². The van der Waals surface area contributed by atoms with Crippen LogP contribution < -0.4 is 15.0 Å². The predicted molar refractivity (Wildman–Crippen MR) is 133 cm³/mol. The van der Waals surface area contributed by atoms with Gasteiger partial charge in [-0.2, -0.15) is 0 Å². The molecule has 3 aromatic carbocycles. The van der Waals surface area contributed by atoms with Crippen molar-refractivity contribution in [1.29, 1.82) is 0 Å². The maximum atomic E-state index is 13.0. The quantitative estimate of drug-likeness (QED) is 0.387. The molecule has 0 aliphatic rings. The minimum atomic E-state index is -3.85. The highest BCUT2D eigenvalue weighted by Crippen LogP contribution is 2.31. The van der Waals surface area contributed by atoms with Crippen LogP contribution >= 0.6 is 0 Å². The minimum Gasteiger partial charge on any atom is -0.494 e. The topological polar surface area (TPSA) is 106 Å². The maximum Gasteiger partial charge on any atom is 0.280 e. The molecule has 4 aromatic rings. The van der Waals surface area contributed by atoms with Crippen LogP contribution in [0.15, 0.2) is 87.5 Å². The van der Waals surface area contributed by atoms with Crippen LogP contribution in [-0.2, 0) is 10.0 Å². The Balaban J connectivity index is 1.68. The number of aliphatic imine (C=N–C) groups is 1. The number of aromatic amines is 1. The number of hydrogen-bond donors (Lipinski definition) is 2. The molecule has 0 aliphatic heterocycles. The number of benzene rings is 3. The molecule has 0 radical (unpaired) electrons. The SMILES string of the molecule is COc1ccc(S(=O)(=O)Nc2ccccc2)cc1N=Cc1c(C)[nH]n(-c2ccc(C)cc2)c1=O. The van der Waals surface area contributed by atoms with Crippen LogP contribution in [0.25, 0.3) is 5.69 Å². The van der Waals surface area contributed by atoms with Crippen molar-refractivity contribution in [3.05, 3.63) is 100.0 Å². The van der Waals surface area contributed by atoms with E-state index >= 15 is 0 Å². The first-order chi connectivity index (χ1) is 16.3. The van der Waals surface area contributed by atoms with E-state index in [-0.39, 0.29) is 16.1 Å². The number of ether oxygens (including phenoxy) is 1. The van der Waals surface area contributed by atoms with Crippen LogP contribution in [0.1, 0.15) is 16.8 Å². The normalized spacial score (nSPS) is 11.6. The Morgan fingerprint density at radius 3 is 2.38 bits per heavy atom. The molecule has 0 saturated carbocycles. The van der Waals surface area contributed by atoms with Crippen molar-refractivity contribution >= 4 is 27.6 Å². The summed E-state index contributed by atoms with van der Waals surface area (Å²) in [6, 6.07) is 20.5. The molecule has 4 rings (SSSR count). The van der Waals surface area contributed by atoms with Gasteiger partial charge in [0.2, 0.25) is 0 Å². The van der Waals surface area contributed by atoms with Crippen LogP contribution in [-0.4, -0.2) is 31.5 Å². The van der Waals surface area contributed by atoms with E-state index in [4.69, 9.17) is 4.74 Å². The molecule has 1 heterocycles. The molecule has 0 amide bonds. The number of methoxy groups -OCH3 is 1. The third-order valence-electron chi connectivity index (χ3n) is 5.23. The van der Waals surface area contributed by atoms with Gasteiger partial charge in [-0.15, -0.1) is 0 Å². The molecule has 0 unspecified atom stereocenters. The van der Waals surface area contributed by atoms with Gasteiger partial charge >= 0.3 is 0 Å². The monoisotopic (exact) mass is 476 g/mol. The fourth-order valence-corrected chi connectivity index (χ4v) is 4.46. The molecule has 1 aromatic heterocycles. The number of hydrogen-bond acceptors (Lipinski definition) is 5. The zero-order chi connectivity index (χ0) is 24.3. The lowest BCUT2D eigenvalue weighted by Crippen LogP contribution is -2.17. The van der Waals surface area contributed by atoms with Gasteiger partial charge in [0.25, 0.3) is 15.6 Å². The van der Waals surface area contributed by atoms with E-state index in [0.29, 0.717) is 28.4 Å². The smallest absolute Gasteiger partial charge is 0.280 e. The number of aryl methyl sites for hydroxylation is 2. The van der Waals surface area contributed by atoms with Crippen molar-refractivity contribution in [3.8, 4) is 11.4 Å². The van der Waals surface area contributed by atoms with Crippen LogP contribution in [0.2, 0.25) is 0 Å². The highest BCUT2D eigenvalue weighted by molar-refractivity contribution is 7.92. The highest BCUT2D eigenvalue weighted by Gasteiger charge is 2.17. The standard InChI is InChI=1S/C25H24N4O4S/c1-17-9-11-20(12-10-17)29-25(30)22(18(2)27-29)16-26-23-15-21(13-14-24(23)33-3)34(31,32)28-19-7-5-4-6-8-19/h4-16,27-28H,1-3H3.